The van der Waals surface area contributed by atoms with E-state index in [0.717, 1.165) is 19.4 Å². The van der Waals surface area contributed by atoms with Crippen LogP contribution >= 0.6 is 0 Å². The molecule has 0 aromatic carbocycles. The van der Waals surface area contributed by atoms with Crippen molar-refractivity contribution in [1.29, 1.82) is 0 Å². The van der Waals surface area contributed by atoms with Crippen LogP contribution in [0.3, 0.4) is 0 Å². The Kier molecular flexibility index (Phi) is 4.07. The quantitative estimate of drug-likeness (QED) is 0.628. The third-order valence-electron chi connectivity index (χ3n) is 2.79. The number of carbonyl (C=O) groups is 2. The average Bonchev–Trinajstić information content (AvgIpc) is 2.19. The summed E-state index contributed by atoms with van der Waals surface area (Å²) in [5.74, 6) is -1.06. The molecule has 4 nitrogen and oxygen atoms in total. The van der Waals surface area contributed by atoms with Crippen molar-refractivity contribution in [3.8, 4) is 0 Å². The van der Waals surface area contributed by atoms with E-state index >= 15 is 0 Å². The number of primary amides is 1. The Morgan fingerprint density at radius 1 is 1.57 bits per heavy atom. The summed E-state index contributed by atoms with van der Waals surface area (Å²) in [5.41, 5.74) is 5.17. The van der Waals surface area contributed by atoms with Gasteiger partial charge in [-0.1, -0.05) is 6.92 Å². The molecule has 3 N–H and O–H groups in total. The lowest BCUT2D eigenvalue weighted by Crippen LogP contribution is -2.41. The largest absolute Gasteiger partial charge is 0.369 e. The second kappa shape index (κ2) is 5.10. The molecule has 0 aromatic heterocycles. The van der Waals surface area contributed by atoms with E-state index in [0.29, 0.717) is 13.0 Å². The number of hydrogen-bond donors (Lipinski definition) is 2. The van der Waals surface area contributed by atoms with E-state index in [9.17, 15) is 9.59 Å². The number of nitrogens with one attached hydrogen (secondary N) is 1. The number of piperidine rings is 1. The Morgan fingerprint density at radius 2 is 2.29 bits per heavy atom. The third-order valence-corrected chi connectivity index (χ3v) is 2.79. The summed E-state index contributed by atoms with van der Waals surface area (Å²) in [5, 5.41) is 3.16. The van der Waals surface area contributed by atoms with Crippen LogP contribution in [0.1, 0.15) is 26.2 Å². The number of carbonyl (C=O) groups excluding carboxylic acids is 2. The number of nitrogens with two attached hydrogens (primary N) is 1. The van der Waals surface area contributed by atoms with E-state index in [4.69, 9.17) is 5.73 Å². The maximum atomic E-state index is 11.8. The normalized spacial score (nSPS) is 24.2. The van der Waals surface area contributed by atoms with Crippen LogP contribution < -0.4 is 11.1 Å². The van der Waals surface area contributed by atoms with Crippen molar-refractivity contribution in [2.75, 3.05) is 13.1 Å². The molecule has 0 spiro atoms. The zero-order valence-electron chi connectivity index (χ0n) is 8.58. The Bertz CT molecular complexity index is 222. The fourth-order valence-electron chi connectivity index (χ4n) is 1.92. The number of ketones is 1. The lowest BCUT2D eigenvalue weighted by atomic mass is 9.86. The Balaban J connectivity index is 2.56. The molecule has 1 saturated heterocycles. The molecule has 14 heavy (non-hydrogen) atoms. The molecule has 0 saturated carbocycles. The van der Waals surface area contributed by atoms with Crippen LogP contribution in [0, 0.1) is 11.8 Å². The minimum Gasteiger partial charge on any atom is -0.369 e. The molecule has 1 aliphatic rings. The number of amides is 1. The number of hydrogen-bond acceptors (Lipinski definition) is 3. The standard InChI is InChI=1S/C10H18N2O2/c1-2-8(10(11)14)9(13)7-4-3-5-12-6-7/h7-8,12H,2-6H2,1H3,(H2,11,14). The summed E-state index contributed by atoms with van der Waals surface area (Å²) in [6, 6.07) is 0. The molecule has 1 rings (SSSR count). The Labute approximate surface area is 84.2 Å². The predicted octanol–water partition coefficient (Wildman–Crippen LogP) is 0.0666. The van der Waals surface area contributed by atoms with Crippen molar-refractivity contribution < 1.29 is 9.59 Å². The van der Waals surface area contributed by atoms with Crippen molar-refractivity contribution >= 4 is 11.7 Å². The summed E-state index contributed by atoms with van der Waals surface area (Å²) in [7, 11) is 0. The van der Waals surface area contributed by atoms with Gasteiger partial charge in [0.05, 0.1) is 5.92 Å². The second-order valence-electron chi connectivity index (χ2n) is 3.81. The van der Waals surface area contributed by atoms with Gasteiger partial charge >= 0.3 is 0 Å². The van der Waals surface area contributed by atoms with Crippen LogP contribution in [0.25, 0.3) is 0 Å². The van der Waals surface area contributed by atoms with Gasteiger partial charge in [-0.3, -0.25) is 9.59 Å². The predicted molar refractivity (Wildman–Crippen MR) is 53.6 cm³/mol. The minimum absolute atomic E-state index is 0.0128. The van der Waals surface area contributed by atoms with Gasteiger partial charge in [-0.05, 0) is 25.8 Å². The first kappa shape index (κ1) is 11.2. The van der Waals surface area contributed by atoms with Crippen LogP contribution in [0.4, 0.5) is 0 Å². The first-order valence-electron chi connectivity index (χ1n) is 5.20. The number of Topliss-reactive ketones (excluding diaryl/α,β-unsaturated/α-hetero) is 1. The van der Waals surface area contributed by atoms with Gasteiger partial charge in [0.2, 0.25) is 5.91 Å². The molecular weight excluding hydrogens is 180 g/mol. The summed E-state index contributed by atoms with van der Waals surface area (Å²) in [6.07, 6.45) is 2.41. The monoisotopic (exact) mass is 198 g/mol. The van der Waals surface area contributed by atoms with Crippen molar-refractivity contribution in [1.82, 2.24) is 5.32 Å². The van der Waals surface area contributed by atoms with Gasteiger partial charge in [0.15, 0.2) is 0 Å². The van der Waals surface area contributed by atoms with E-state index < -0.39 is 11.8 Å². The van der Waals surface area contributed by atoms with E-state index in [1.807, 2.05) is 6.92 Å². The minimum atomic E-state index is -0.583. The van der Waals surface area contributed by atoms with Gasteiger partial charge in [-0.25, -0.2) is 0 Å². The highest BCUT2D eigenvalue weighted by Gasteiger charge is 2.30. The SMILES string of the molecule is CCC(C(N)=O)C(=O)C1CCCNC1. The molecule has 0 bridgehead atoms. The molecule has 2 unspecified atom stereocenters. The van der Waals surface area contributed by atoms with Crippen molar-refractivity contribution in [2.24, 2.45) is 17.6 Å². The van der Waals surface area contributed by atoms with E-state index in [1.54, 1.807) is 0 Å². The van der Waals surface area contributed by atoms with E-state index in [1.165, 1.54) is 0 Å². The molecule has 0 radical (unpaired) electrons. The third kappa shape index (κ3) is 2.54. The zero-order chi connectivity index (χ0) is 10.6. The topological polar surface area (TPSA) is 72.2 Å². The van der Waals surface area contributed by atoms with E-state index in [2.05, 4.69) is 5.32 Å². The highest BCUT2D eigenvalue weighted by atomic mass is 16.2. The molecule has 4 heteroatoms. The van der Waals surface area contributed by atoms with E-state index in [-0.39, 0.29) is 11.7 Å². The van der Waals surface area contributed by atoms with Crippen molar-refractivity contribution in [3.05, 3.63) is 0 Å². The van der Waals surface area contributed by atoms with Crippen LogP contribution in [0.2, 0.25) is 0 Å². The lowest BCUT2D eigenvalue weighted by Gasteiger charge is -2.24. The van der Waals surface area contributed by atoms with Gasteiger partial charge in [0.25, 0.3) is 0 Å². The highest BCUT2D eigenvalue weighted by molar-refractivity contribution is 6.01. The highest BCUT2D eigenvalue weighted by Crippen LogP contribution is 2.17. The summed E-state index contributed by atoms with van der Waals surface area (Å²) in [4.78, 5) is 22.8. The summed E-state index contributed by atoms with van der Waals surface area (Å²) >= 11 is 0. The lowest BCUT2D eigenvalue weighted by molar-refractivity contribution is -0.135. The molecule has 0 aliphatic carbocycles. The molecule has 0 aromatic rings. The van der Waals surface area contributed by atoms with Crippen LogP contribution in [0.15, 0.2) is 0 Å². The summed E-state index contributed by atoms with van der Waals surface area (Å²) < 4.78 is 0. The molecule has 1 fully saturated rings. The zero-order valence-corrected chi connectivity index (χ0v) is 8.58. The Hall–Kier alpha value is -0.900. The van der Waals surface area contributed by atoms with Gasteiger partial charge in [-0.2, -0.15) is 0 Å². The van der Waals surface area contributed by atoms with Gasteiger partial charge in [0, 0.05) is 12.5 Å². The fraction of sp³-hybridized carbons (Fsp3) is 0.800. The molecule has 2 atom stereocenters. The van der Waals surface area contributed by atoms with Crippen LogP contribution in [-0.4, -0.2) is 24.8 Å². The fourth-order valence-corrected chi connectivity index (χ4v) is 1.92. The van der Waals surface area contributed by atoms with Crippen LogP contribution in [-0.2, 0) is 9.59 Å². The maximum Gasteiger partial charge on any atom is 0.227 e. The van der Waals surface area contributed by atoms with Crippen molar-refractivity contribution in [3.63, 3.8) is 0 Å². The van der Waals surface area contributed by atoms with Gasteiger partial charge < -0.3 is 11.1 Å². The number of rotatable bonds is 4. The van der Waals surface area contributed by atoms with Crippen LogP contribution in [0.5, 0.6) is 0 Å². The smallest absolute Gasteiger partial charge is 0.227 e. The summed E-state index contributed by atoms with van der Waals surface area (Å²) in [6.45, 7) is 3.49. The van der Waals surface area contributed by atoms with Crippen molar-refractivity contribution in [2.45, 2.75) is 26.2 Å². The first-order valence-corrected chi connectivity index (χ1v) is 5.20. The molecule has 1 heterocycles. The second-order valence-corrected chi connectivity index (χ2v) is 3.81. The molecule has 1 amide bonds. The Morgan fingerprint density at radius 3 is 2.71 bits per heavy atom. The first-order chi connectivity index (χ1) is 6.66. The average molecular weight is 198 g/mol. The van der Waals surface area contributed by atoms with Gasteiger partial charge in [-0.15, -0.1) is 0 Å². The van der Waals surface area contributed by atoms with Gasteiger partial charge in [0.1, 0.15) is 5.78 Å². The molecule has 80 valence electrons. The molecular formula is C10H18N2O2. The molecule has 1 aliphatic heterocycles. The maximum absolute atomic E-state index is 11.8.